The van der Waals surface area contributed by atoms with Gasteiger partial charge < -0.3 is 11.1 Å². The topological polar surface area (TPSA) is 110 Å². The standard InChI is InChI=1S/C26H26N8/c27-24-13-23(25-26(30-24)32-33-31-25)22-8-10-28-9-7-17-3-1-5-19(11-17)20-6-2-4-18(12-20)15-34-16-21(22)14-29-34/h1-6,11-14,16,22,28H,7-10,15H2,(H3,27,30,31,32,33). The molecule has 4 heterocycles. The second-order valence-corrected chi connectivity index (χ2v) is 8.85. The summed E-state index contributed by atoms with van der Waals surface area (Å²) in [4.78, 5) is 4.32. The van der Waals surface area contributed by atoms with Gasteiger partial charge >= 0.3 is 0 Å². The molecule has 0 saturated heterocycles. The monoisotopic (exact) mass is 450 g/mol. The van der Waals surface area contributed by atoms with Gasteiger partial charge in [0.1, 0.15) is 11.3 Å². The maximum atomic E-state index is 6.12. The molecule has 0 spiro atoms. The molecule has 1 unspecified atom stereocenters. The minimum Gasteiger partial charge on any atom is -0.384 e. The number of aromatic amines is 1. The average Bonchev–Trinajstić information content (AvgIpc) is 3.50. The first kappa shape index (κ1) is 20.6. The SMILES string of the molecule is Nc1cc(C2CCNCCc3cccc(c3)-c3cccc(c3)Cn3cc2cn3)c2n[nH]nc2n1. The predicted octanol–water partition coefficient (Wildman–Crippen LogP) is 3.51. The smallest absolute Gasteiger partial charge is 0.203 e. The highest BCUT2D eigenvalue weighted by molar-refractivity contribution is 5.77. The van der Waals surface area contributed by atoms with Gasteiger partial charge in [0.2, 0.25) is 5.65 Å². The Morgan fingerprint density at radius 1 is 0.941 bits per heavy atom. The van der Waals surface area contributed by atoms with E-state index < -0.39 is 0 Å². The van der Waals surface area contributed by atoms with Crippen LogP contribution in [0.2, 0.25) is 0 Å². The van der Waals surface area contributed by atoms with E-state index in [1.54, 1.807) is 0 Å². The Kier molecular flexibility index (Phi) is 5.27. The summed E-state index contributed by atoms with van der Waals surface area (Å²) >= 11 is 0. The molecule has 0 aliphatic carbocycles. The molecule has 3 aromatic heterocycles. The molecule has 170 valence electrons. The number of nitrogens with two attached hydrogens (primary N) is 1. The first-order chi connectivity index (χ1) is 16.7. The maximum absolute atomic E-state index is 6.12. The van der Waals surface area contributed by atoms with Gasteiger partial charge in [0.05, 0.1) is 12.7 Å². The third-order valence-electron chi connectivity index (χ3n) is 6.50. The second-order valence-electron chi connectivity index (χ2n) is 8.85. The lowest BCUT2D eigenvalue weighted by atomic mass is 9.90. The van der Waals surface area contributed by atoms with Gasteiger partial charge in [-0.25, -0.2) is 4.98 Å². The van der Waals surface area contributed by atoms with Crippen LogP contribution in [0.25, 0.3) is 22.3 Å². The number of nitrogens with one attached hydrogen (secondary N) is 2. The van der Waals surface area contributed by atoms with Crippen molar-refractivity contribution >= 4 is 17.0 Å². The number of benzene rings is 2. The number of pyridine rings is 1. The number of nitrogen functional groups attached to an aromatic ring is 1. The first-order valence-corrected chi connectivity index (χ1v) is 11.6. The fourth-order valence-corrected chi connectivity index (χ4v) is 4.84. The Morgan fingerprint density at radius 3 is 2.65 bits per heavy atom. The van der Waals surface area contributed by atoms with Gasteiger partial charge in [-0.2, -0.15) is 15.4 Å². The highest BCUT2D eigenvalue weighted by atomic mass is 15.3. The summed E-state index contributed by atoms with van der Waals surface area (Å²) in [7, 11) is 0. The summed E-state index contributed by atoms with van der Waals surface area (Å²) in [5.41, 5.74) is 14.6. The van der Waals surface area contributed by atoms with Crippen LogP contribution in [0.1, 0.15) is 34.6 Å². The molecule has 8 nitrogen and oxygen atoms in total. The summed E-state index contributed by atoms with van der Waals surface area (Å²) in [6.07, 6.45) is 5.95. The van der Waals surface area contributed by atoms with E-state index in [0.717, 1.165) is 42.6 Å². The zero-order chi connectivity index (χ0) is 22.9. The van der Waals surface area contributed by atoms with Gasteiger partial charge in [-0.05, 0) is 71.4 Å². The molecule has 0 fully saturated rings. The van der Waals surface area contributed by atoms with Crippen LogP contribution in [0.4, 0.5) is 5.82 Å². The van der Waals surface area contributed by atoms with E-state index in [4.69, 9.17) is 10.8 Å². The summed E-state index contributed by atoms with van der Waals surface area (Å²) in [5, 5.41) is 19.5. The van der Waals surface area contributed by atoms with Crippen molar-refractivity contribution in [3.63, 3.8) is 0 Å². The second kappa shape index (κ2) is 8.72. The quantitative estimate of drug-likeness (QED) is 0.360. The van der Waals surface area contributed by atoms with Crippen LogP contribution in [0.5, 0.6) is 0 Å². The zero-order valence-corrected chi connectivity index (χ0v) is 18.8. The molecular weight excluding hydrogens is 424 g/mol. The van der Waals surface area contributed by atoms with E-state index in [1.807, 2.05) is 16.9 Å². The highest BCUT2D eigenvalue weighted by Gasteiger charge is 2.22. The molecule has 6 bridgehead atoms. The van der Waals surface area contributed by atoms with Crippen LogP contribution >= 0.6 is 0 Å². The van der Waals surface area contributed by atoms with Crippen molar-refractivity contribution in [2.45, 2.75) is 25.3 Å². The number of nitrogens with zero attached hydrogens (tertiary/aromatic N) is 5. The number of anilines is 1. The molecule has 4 N–H and O–H groups in total. The number of aromatic nitrogens is 6. The van der Waals surface area contributed by atoms with E-state index >= 15 is 0 Å². The molecule has 34 heavy (non-hydrogen) atoms. The molecule has 8 heteroatoms. The minimum absolute atomic E-state index is 0.0710. The van der Waals surface area contributed by atoms with E-state index in [9.17, 15) is 0 Å². The van der Waals surface area contributed by atoms with Crippen LogP contribution in [0.3, 0.4) is 0 Å². The van der Waals surface area contributed by atoms with E-state index in [-0.39, 0.29) is 5.92 Å². The van der Waals surface area contributed by atoms with Gasteiger partial charge in [0, 0.05) is 12.1 Å². The summed E-state index contributed by atoms with van der Waals surface area (Å²) in [6, 6.07) is 19.4. The Labute approximate surface area is 197 Å². The van der Waals surface area contributed by atoms with Crippen LogP contribution in [-0.2, 0) is 13.0 Å². The third kappa shape index (κ3) is 4.04. The molecule has 1 atom stereocenters. The lowest BCUT2D eigenvalue weighted by Crippen LogP contribution is -2.21. The fraction of sp³-hybridized carbons (Fsp3) is 0.231. The molecule has 0 saturated carbocycles. The van der Waals surface area contributed by atoms with Crippen molar-refractivity contribution in [2.75, 3.05) is 18.8 Å². The number of hydrogen-bond acceptors (Lipinski definition) is 6. The Morgan fingerprint density at radius 2 is 1.76 bits per heavy atom. The van der Waals surface area contributed by atoms with Crippen molar-refractivity contribution in [1.29, 1.82) is 0 Å². The molecule has 1 aliphatic rings. The molecule has 1 aliphatic heterocycles. The molecule has 0 amide bonds. The predicted molar refractivity (Wildman–Crippen MR) is 132 cm³/mol. The van der Waals surface area contributed by atoms with Crippen molar-refractivity contribution < 1.29 is 0 Å². The summed E-state index contributed by atoms with van der Waals surface area (Å²) < 4.78 is 2.00. The minimum atomic E-state index is 0.0710. The number of H-pyrrole nitrogens is 1. The van der Waals surface area contributed by atoms with Crippen molar-refractivity contribution in [1.82, 2.24) is 35.5 Å². The number of hydrogen-bond donors (Lipinski definition) is 3. The summed E-state index contributed by atoms with van der Waals surface area (Å²) in [5.74, 6) is 0.516. The van der Waals surface area contributed by atoms with Crippen molar-refractivity contribution in [2.24, 2.45) is 0 Å². The van der Waals surface area contributed by atoms with Crippen LogP contribution in [0, 0.1) is 0 Å². The fourth-order valence-electron chi connectivity index (χ4n) is 4.84. The van der Waals surface area contributed by atoms with Crippen molar-refractivity contribution in [3.8, 4) is 11.1 Å². The van der Waals surface area contributed by atoms with Crippen LogP contribution in [-0.4, -0.2) is 43.3 Å². The summed E-state index contributed by atoms with van der Waals surface area (Å²) in [6.45, 7) is 2.47. The molecule has 6 rings (SSSR count). The van der Waals surface area contributed by atoms with Gasteiger partial charge in [-0.1, -0.05) is 42.5 Å². The lowest BCUT2D eigenvalue weighted by Gasteiger charge is -2.17. The van der Waals surface area contributed by atoms with Gasteiger partial charge in [-0.3, -0.25) is 4.68 Å². The van der Waals surface area contributed by atoms with E-state index in [2.05, 4.69) is 80.4 Å². The molecule has 0 radical (unpaired) electrons. The maximum Gasteiger partial charge on any atom is 0.203 e. The highest BCUT2D eigenvalue weighted by Crippen LogP contribution is 2.32. The molecular formula is C26H26N8. The third-order valence-corrected chi connectivity index (χ3v) is 6.50. The van der Waals surface area contributed by atoms with Crippen molar-refractivity contribution in [3.05, 3.63) is 89.2 Å². The zero-order valence-electron chi connectivity index (χ0n) is 18.8. The van der Waals surface area contributed by atoms with Crippen LogP contribution in [0.15, 0.2) is 67.0 Å². The van der Waals surface area contributed by atoms with Gasteiger partial charge in [-0.15, -0.1) is 5.10 Å². The average molecular weight is 451 g/mol. The normalized spacial score (nSPS) is 16.5. The first-order valence-electron chi connectivity index (χ1n) is 11.6. The molecule has 5 aromatic rings. The number of rotatable bonds is 1. The number of fused-ring (bicyclic) bond motifs is 8. The largest absolute Gasteiger partial charge is 0.384 e. The van der Waals surface area contributed by atoms with Gasteiger partial charge in [0.25, 0.3) is 0 Å². The lowest BCUT2D eigenvalue weighted by molar-refractivity contribution is 0.612. The van der Waals surface area contributed by atoms with Crippen LogP contribution < -0.4 is 11.1 Å². The molecule has 2 aromatic carbocycles. The van der Waals surface area contributed by atoms with E-state index in [1.165, 1.54) is 22.3 Å². The Hall–Kier alpha value is -4.04. The van der Waals surface area contributed by atoms with Gasteiger partial charge in [0.15, 0.2) is 0 Å². The van der Waals surface area contributed by atoms with E-state index in [0.29, 0.717) is 18.0 Å². The Balaban J connectivity index is 1.40. The Bertz CT molecular complexity index is 1450.